The molecule has 3 aromatic rings. The Balaban J connectivity index is 1.54. The second-order valence-corrected chi connectivity index (χ2v) is 7.70. The van der Waals surface area contributed by atoms with Crippen LogP contribution >= 0.6 is 11.3 Å². The van der Waals surface area contributed by atoms with Crippen molar-refractivity contribution in [2.45, 2.75) is 13.5 Å². The van der Waals surface area contributed by atoms with E-state index >= 15 is 0 Å². The van der Waals surface area contributed by atoms with Gasteiger partial charge in [-0.2, -0.15) is 0 Å². The SMILES string of the molecule is CCOC(=O)N1CCN(C(=O)c2cc3sccc3n2Cc2ccccc2)CC1. The van der Waals surface area contributed by atoms with Crippen LogP contribution in [0.15, 0.2) is 47.8 Å². The zero-order valence-electron chi connectivity index (χ0n) is 15.8. The fourth-order valence-electron chi connectivity index (χ4n) is 3.56. The number of aromatic nitrogens is 1. The standard InChI is InChI=1S/C21H23N3O3S/c1-2-27-21(26)23-11-9-22(10-12-23)20(25)18-14-19-17(8-13-28-19)24(18)15-16-6-4-3-5-7-16/h3-8,13-14H,2,9-12,15H2,1H3. The maximum atomic E-state index is 13.3. The number of fused-ring (bicyclic) bond motifs is 1. The molecule has 1 aromatic carbocycles. The summed E-state index contributed by atoms with van der Waals surface area (Å²) < 4.78 is 8.27. The van der Waals surface area contributed by atoms with Crippen molar-refractivity contribution >= 4 is 33.6 Å². The number of carbonyl (C=O) groups excluding carboxylic acids is 2. The lowest BCUT2D eigenvalue weighted by Crippen LogP contribution is -2.51. The molecule has 0 radical (unpaired) electrons. The van der Waals surface area contributed by atoms with Crippen LogP contribution in [-0.2, 0) is 11.3 Å². The van der Waals surface area contributed by atoms with Gasteiger partial charge in [-0.15, -0.1) is 11.3 Å². The molecule has 0 unspecified atom stereocenters. The number of rotatable bonds is 4. The summed E-state index contributed by atoms with van der Waals surface area (Å²) in [4.78, 5) is 28.6. The molecule has 1 fully saturated rings. The van der Waals surface area contributed by atoms with E-state index in [1.165, 1.54) is 0 Å². The lowest BCUT2D eigenvalue weighted by atomic mass is 10.2. The number of ether oxygens (including phenoxy) is 1. The molecule has 0 atom stereocenters. The fraction of sp³-hybridized carbons (Fsp3) is 0.333. The molecule has 0 saturated carbocycles. The molecule has 2 amide bonds. The molecule has 0 spiro atoms. The average molecular weight is 398 g/mol. The number of hydrogen-bond donors (Lipinski definition) is 0. The van der Waals surface area contributed by atoms with Gasteiger partial charge in [0, 0.05) is 32.7 Å². The van der Waals surface area contributed by atoms with Gasteiger partial charge >= 0.3 is 6.09 Å². The monoisotopic (exact) mass is 397 g/mol. The van der Waals surface area contributed by atoms with E-state index in [1.807, 2.05) is 29.2 Å². The van der Waals surface area contributed by atoms with Crippen LogP contribution in [0.25, 0.3) is 10.2 Å². The van der Waals surface area contributed by atoms with Crippen LogP contribution < -0.4 is 0 Å². The number of nitrogens with zero attached hydrogens (tertiary/aromatic N) is 3. The smallest absolute Gasteiger partial charge is 0.409 e. The van der Waals surface area contributed by atoms with Gasteiger partial charge < -0.3 is 19.1 Å². The van der Waals surface area contributed by atoms with E-state index in [0.717, 1.165) is 15.8 Å². The summed E-state index contributed by atoms with van der Waals surface area (Å²) in [6, 6.07) is 14.2. The van der Waals surface area contributed by atoms with E-state index < -0.39 is 0 Å². The van der Waals surface area contributed by atoms with Crippen LogP contribution in [0.4, 0.5) is 4.79 Å². The molecule has 4 rings (SSSR count). The van der Waals surface area contributed by atoms with Gasteiger partial charge in [-0.3, -0.25) is 4.79 Å². The molecule has 2 aromatic heterocycles. The average Bonchev–Trinajstić information content (AvgIpc) is 3.31. The molecule has 6 nitrogen and oxygen atoms in total. The number of piperazine rings is 1. The predicted octanol–water partition coefficient (Wildman–Crippen LogP) is 3.67. The molecule has 1 aliphatic heterocycles. The van der Waals surface area contributed by atoms with Crippen molar-refractivity contribution < 1.29 is 14.3 Å². The van der Waals surface area contributed by atoms with Crippen LogP contribution in [0.2, 0.25) is 0 Å². The zero-order chi connectivity index (χ0) is 19.5. The van der Waals surface area contributed by atoms with Gasteiger partial charge in [-0.1, -0.05) is 30.3 Å². The summed E-state index contributed by atoms with van der Waals surface area (Å²) in [5, 5.41) is 2.05. The molecule has 0 N–H and O–H groups in total. The highest BCUT2D eigenvalue weighted by molar-refractivity contribution is 7.17. The highest BCUT2D eigenvalue weighted by atomic mass is 32.1. The maximum Gasteiger partial charge on any atom is 0.409 e. The van der Waals surface area contributed by atoms with Crippen molar-refractivity contribution in [3.63, 3.8) is 0 Å². The molecule has 1 aliphatic rings. The minimum Gasteiger partial charge on any atom is -0.450 e. The van der Waals surface area contributed by atoms with E-state index in [0.29, 0.717) is 45.0 Å². The first-order valence-corrected chi connectivity index (χ1v) is 10.4. The predicted molar refractivity (Wildman–Crippen MR) is 110 cm³/mol. The summed E-state index contributed by atoms with van der Waals surface area (Å²) in [5.74, 6) is 0.0165. The molecule has 1 saturated heterocycles. The molecular formula is C21H23N3O3S. The Labute approximate surface area is 167 Å². The van der Waals surface area contributed by atoms with Crippen LogP contribution in [0.1, 0.15) is 23.0 Å². The van der Waals surface area contributed by atoms with Crippen LogP contribution in [0.5, 0.6) is 0 Å². The Morgan fingerprint density at radius 1 is 1.04 bits per heavy atom. The van der Waals surface area contributed by atoms with Gasteiger partial charge in [0.15, 0.2) is 0 Å². The first kappa shape index (κ1) is 18.6. The Kier molecular flexibility index (Phi) is 5.34. The largest absolute Gasteiger partial charge is 0.450 e. The van der Waals surface area contributed by atoms with Gasteiger partial charge in [-0.05, 0) is 30.0 Å². The third kappa shape index (κ3) is 3.62. The van der Waals surface area contributed by atoms with Crippen molar-refractivity contribution in [1.29, 1.82) is 0 Å². The lowest BCUT2D eigenvalue weighted by molar-refractivity contribution is 0.0563. The van der Waals surface area contributed by atoms with E-state index in [1.54, 1.807) is 23.2 Å². The number of benzene rings is 1. The Morgan fingerprint density at radius 2 is 1.75 bits per heavy atom. The van der Waals surface area contributed by atoms with Gasteiger partial charge in [0.25, 0.3) is 5.91 Å². The number of amides is 2. The summed E-state index contributed by atoms with van der Waals surface area (Å²) in [5.41, 5.74) is 2.95. The minimum atomic E-state index is -0.303. The number of carbonyl (C=O) groups is 2. The third-order valence-corrected chi connectivity index (χ3v) is 5.87. The van der Waals surface area contributed by atoms with Crippen molar-refractivity contribution in [3.05, 3.63) is 59.1 Å². The van der Waals surface area contributed by atoms with Crippen molar-refractivity contribution in [3.8, 4) is 0 Å². The highest BCUT2D eigenvalue weighted by Gasteiger charge is 2.27. The Morgan fingerprint density at radius 3 is 2.46 bits per heavy atom. The van der Waals surface area contributed by atoms with Gasteiger partial charge in [0.2, 0.25) is 0 Å². The van der Waals surface area contributed by atoms with Crippen molar-refractivity contribution in [1.82, 2.24) is 14.4 Å². The topological polar surface area (TPSA) is 54.8 Å². The maximum absolute atomic E-state index is 13.3. The minimum absolute atomic E-state index is 0.0165. The summed E-state index contributed by atoms with van der Waals surface area (Å²) in [6.07, 6.45) is -0.303. The Bertz CT molecular complexity index is 971. The molecule has 7 heteroatoms. The highest BCUT2D eigenvalue weighted by Crippen LogP contribution is 2.27. The second-order valence-electron chi connectivity index (χ2n) is 6.75. The molecule has 3 heterocycles. The molecule has 0 aliphatic carbocycles. The van der Waals surface area contributed by atoms with Crippen LogP contribution in [-0.4, -0.2) is 59.2 Å². The van der Waals surface area contributed by atoms with Crippen molar-refractivity contribution in [2.75, 3.05) is 32.8 Å². The van der Waals surface area contributed by atoms with Crippen molar-refractivity contribution in [2.24, 2.45) is 0 Å². The molecular weight excluding hydrogens is 374 g/mol. The van der Waals surface area contributed by atoms with E-state index in [4.69, 9.17) is 4.74 Å². The Hall–Kier alpha value is -2.80. The first-order chi connectivity index (χ1) is 13.7. The van der Waals surface area contributed by atoms with Crippen LogP contribution in [0.3, 0.4) is 0 Å². The van der Waals surface area contributed by atoms with Gasteiger partial charge in [0.1, 0.15) is 5.69 Å². The summed E-state index contributed by atoms with van der Waals surface area (Å²) >= 11 is 1.65. The summed E-state index contributed by atoms with van der Waals surface area (Å²) in [6.45, 7) is 4.84. The first-order valence-electron chi connectivity index (χ1n) is 9.49. The molecule has 28 heavy (non-hydrogen) atoms. The third-order valence-electron chi connectivity index (χ3n) is 5.02. The number of thiophene rings is 1. The van der Waals surface area contributed by atoms with Gasteiger partial charge in [-0.25, -0.2) is 4.79 Å². The van der Waals surface area contributed by atoms with Gasteiger partial charge in [0.05, 0.1) is 16.8 Å². The quantitative estimate of drug-likeness (QED) is 0.675. The van der Waals surface area contributed by atoms with E-state index in [2.05, 4.69) is 28.1 Å². The van der Waals surface area contributed by atoms with E-state index in [-0.39, 0.29) is 12.0 Å². The number of hydrogen-bond acceptors (Lipinski definition) is 4. The van der Waals surface area contributed by atoms with Crippen LogP contribution in [0, 0.1) is 0 Å². The lowest BCUT2D eigenvalue weighted by Gasteiger charge is -2.34. The normalized spacial score (nSPS) is 14.5. The summed E-state index contributed by atoms with van der Waals surface area (Å²) in [7, 11) is 0. The second kappa shape index (κ2) is 8.06. The fourth-order valence-corrected chi connectivity index (χ4v) is 4.38. The van der Waals surface area contributed by atoms with E-state index in [9.17, 15) is 9.59 Å². The molecule has 0 bridgehead atoms. The molecule has 146 valence electrons. The zero-order valence-corrected chi connectivity index (χ0v) is 16.7.